The highest BCUT2D eigenvalue weighted by molar-refractivity contribution is 7.11. The van der Waals surface area contributed by atoms with E-state index >= 15 is 0 Å². The van der Waals surface area contributed by atoms with Crippen molar-refractivity contribution < 1.29 is 14.3 Å². The second-order valence-electron chi connectivity index (χ2n) is 4.38. The third kappa shape index (κ3) is 3.68. The van der Waals surface area contributed by atoms with Crippen molar-refractivity contribution in [3.63, 3.8) is 0 Å². The molecule has 0 bridgehead atoms. The van der Waals surface area contributed by atoms with Gasteiger partial charge < -0.3 is 10.1 Å². The van der Waals surface area contributed by atoms with Gasteiger partial charge in [0.05, 0.1) is 0 Å². The molecule has 0 aliphatic carbocycles. The standard InChI is InChI=1S/C15H15NO3S/c1-10-5-7-12(8-6-10)16-14(17)11(2)19-15(18)13-4-3-9-20-13/h3-9,11H,1-2H3,(H,16,17)/t11-/m0/s1. The van der Waals surface area contributed by atoms with Gasteiger partial charge in [0, 0.05) is 5.69 Å². The molecule has 0 saturated heterocycles. The number of esters is 1. The average molecular weight is 289 g/mol. The van der Waals surface area contributed by atoms with Gasteiger partial charge in [0.15, 0.2) is 6.10 Å². The summed E-state index contributed by atoms with van der Waals surface area (Å²) in [7, 11) is 0. The highest BCUT2D eigenvalue weighted by atomic mass is 32.1. The van der Waals surface area contributed by atoms with Crippen LogP contribution >= 0.6 is 11.3 Å². The molecule has 0 saturated carbocycles. The predicted octanol–water partition coefficient (Wildman–Crippen LogP) is 3.24. The molecule has 4 nitrogen and oxygen atoms in total. The fourth-order valence-corrected chi connectivity index (χ4v) is 2.15. The van der Waals surface area contributed by atoms with Gasteiger partial charge in [-0.05, 0) is 37.4 Å². The molecule has 1 atom stereocenters. The van der Waals surface area contributed by atoms with E-state index in [4.69, 9.17) is 4.74 Å². The van der Waals surface area contributed by atoms with Crippen molar-refractivity contribution in [2.24, 2.45) is 0 Å². The summed E-state index contributed by atoms with van der Waals surface area (Å²) in [6, 6.07) is 10.8. The quantitative estimate of drug-likeness (QED) is 0.879. The molecule has 0 aliphatic heterocycles. The maximum atomic E-state index is 11.9. The monoisotopic (exact) mass is 289 g/mol. The average Bonchev–Trinajstić information content (AvgIpc) is 2.95. The number of carbonyl (C=O) groups excluding carboxylic acids is 2. The topological polar surface area (TPSA) is 55.4 Å². The lowest BCUT2D eigenvalue weighted by atomic mass is 10.2. The van der Waals surface area contributed by atoms with Crippen LogP contribution in [0, 0.1) is 6.92 Å². The molecule has 2 rings (SSSR count). The number of hydrogen-bond donors (Lipinski definition) is 1. The molecule has 0 aliphatic rings. The van der Waals surface area contributed by atoms with Crippen LogP contribution in [0.4, 0.5) is 5.69 Å². The Morgan fingerprint density at radius 1 is 1.20 bits per heavy atom. The number of nitrogens with one attached hydrogen (secondary N) is 1. The molecular formula is C15H15NO3S. The van der Waals surface area contributed by atoms with Crippen molar-refractivity contribution in [1.29, 1.82) is 0 Å². The SMILES string of the molecule is Cc1ccc(NC(=O)[C@H](C)OC(=O)c2cccs2)cc1. The van der Waals surface area contributed by atoms with Gasteiger partial charge in [-0.2, -0.15) is 0 Å². The summed E-state index contributed by atoms with van der Waals surface area (Å²) in [4.78, 5) is 24.1. The van der Waals surface area contributed by atoms with Crippen LogP contribution in [0.2, 0.25) is 0 Å². The largest absolute Gasteiger partial charge is 0.448 e. The van der Waals surface area contributed by atoms with Crippen molar-refractivity contribution >= 4 is 28.9 Å². The van der Waals surface area contributed by atoms with Gasteiger partial charge in [-0.25, -0.2) is 4.79 Å². The molecule has 0 spiro atoms. The first kappa shape index (κ1) is 14.3. The van der Waals surface area contributed by atoms with Gasteiger partial charge in [0.25, 0.3) is 5.91 Å². The highest BCUT2D eigenvalue weighted by Crippen LogP contribution is 2.13. The third-order valence-corrected chi connectivity index (χ3v) is 3.54. The minimum atomic E-state index is -0.842. The number of anilines is 1. The minimum Gasteiger partial charge on any atom is -0.448 e. The van der Waals surface area contributed by atoms with Crippen molar-refractivity contribution in [2.45, 2.75) is 20.0 Å². The van der Waals surface area contributed by atoms with Crippen molar-refractivity contribution in [2.75, 3.05) is 5.32 Å². The predicted molar refractivity (Wildman–Crippen MR) is 79.0 cm³/mol. The molecule has 0 fully saturated rings. The Kier molecular flexibility index (Phi) is 4.53. The molecule has 1 heterocycles. The number of hydrogen-bond acceptors (Lipinski definition) is 4. The lowest BCUT2D eigenvalue weighted by molar-refractivity contribution is -0.123. The van der Waals surface area contributed by atoms with Gasteiger partial charge in [-0.15, -0.1) is 11.3 Å². The summed E-state index contributed by atoms with van der Waals surface area (Å²) in [5.41, 5.74) is 1.79. The Morgan fingerprint density at radius 2 is 1.90 bits per heavy atom. The van der Waals surface area contributed by atoms with E-state index in [1.165, 1.54) is 11.3 Å². The van der Waals surface area contributed by atoms with Gasteiger partial charge >= 0.3 is 5.97 Å². The molecule has 0 radical (unpaired) electrons. The molecular weight excluding hydrogens is 274 g/mol. The summed E-state index contributed by atoms with van der Waals surface area (Å²) in [5, 5.41) is 4.49. The van der Waals surface area contributed by atoms with Crippen molar-refractivity contribution in [1.82, 2.24) is 0 Å². The van der Waals surface area contributed by atoms with Crippen LogP contribution < -0.4 is 5.32 Å². The molecule has 2 aromatic rings. The number of amides is 1. The normalized spacial score (nSPS) is 11.7. The van der Waals surface area contributed by atoms with E-state index in [2.05, 4.69) is 5.32 Å². The molecule has 1 aromatic carbocycles. The van der Waals surface area contributed by atoms with E-state index in [9.17, 15) is 9.59 Å². The zero-order chi connectivity index (χ0) is 14.5. The minimum absolute atomic E-state index is 0.348. The smallest absolute Gasteiger partial charge is 0.349 e. The number of ether oxygens (including phenoxy) is 1. The van der Waals surface area contributed by atoms with E-state index < -0.39 is 12.1 Å². The van der Waals surface area contributed by atoms with Gasteiger partial charge in [0.2, 0.25) is 0 Å². The molecule has 1 amide bonds. The Morgan fingerprint density at radius 3 is 2.50 bits per heavy atom. The molecule has 1 N–H and O–H groups in total. The lowest BCUT2D eigenvalue weighted by Crippen LogP contribution is -2.29. The van der Waals surface area contributed by atoms with Gasteiger partial charge in [0.1, 0.15) is 4.88 Å². The number of thiophene rings is 1. The summed E-state index contributed by atoms with van der Waals surface area (Å²) in [5.74, 6) is -0.828. The first-order valence-electron chi connectivity index (χ1n) is 6.18. The van der Waals surface area contributed by atoms with Crippen LogP contribution in [-0.2, 0) is 9.53 Å². The number of benzene rings is 1. The zero-order valence-electron chi connectivity index (χ0n) is 11.3. The maximum Gasteiger partial charge on any atom is 0.349 e. The van der Waals surface area contributed by atoms with E-state index in [1.54, 1.807) is 36.6 Å². The van der Waals surface area contributed by atoms with Crippen molar-refractivity contribution in [3.8, 4) is 0 Å². The first-order valence-corrected chi connectivity index (χ1v) is 7.06. The third-order valence-electron chi connectivity index (χ3n) is 2.69. The summed E-state index contributed by atoms with van der Waals surface area (Å²) < 4.78 is 5.11. The highest BCUT2D eigenvalue weighted by Gasteiger charge is 2.19. The van der Waals surface area contributed by atoms with Crippen LogP contribution in [0.25, 0.3) is 0 Å². The fraction of sp³-hybridized carbons (Fsp3) is 0.200. The molecule has 20 heavy (non-hydrogen) atoms. The number of rotatable bonds is 4. The zero-order valence-corrected chi connectivity index (χ0v) is 12.1. The number of aryl methyl sites for hydroxylation is 1. The summed E-state index contributed by atoms with van der Waals surface area (Å²) in [6.45, 7) is 3.52. The second-order valence-corrected chi connectivity index (χ2v) is 5.33. The molecule has 0 unspecified atom stereocenters. The first-order chi connectivity index (χ1) is 9.56. The van der Waals surface area contributed by atoms with Gasteiger partial charge in [-0.3, -0.25) is 4.79 Å². The van der Waals surface area contributed by atoms with Crippen molar-refractivity contribution in [3.05, 3.63) is 52.2 Å². The summed E-state index contributed by atoms with van der Waals surface area (Å²) >= 11 is 1.28. The van der Waals surface area contributed by atoms with E-state index in [1.807, 2.05) is 19.1 Å². The van der Waals surface area contributed by atoms with E-state index in [0.717, 1.165) is 5.56 Å². The lowest BCUT2D eigenvalue weighted by Gasteiger charge is -2.13. The Balaban J connectivity index is 1.92. The number of carbonyl (C=O) groups is 2. The summed E-state index contributed by atoms with van der Waals surface area (Å²) in [6.07, 6.45) is -0.842. The maximum absolute atomic E-state index is 11.9. The molecule has 1 aromatic heterocycles. The molecule has 5 heteroatoms. The fourth-order valence-electron chi connectivity index (χ4n) is 1.55. The van der Waals surface area contributed by atoms with Crippen LogP contribution in [0.5, 0.6) is 0 Å². The van der Waals surface area contributed by atoms with Crippen LogP contribution in [-0.4, -0.2) is 18.0 Å². The Hall–Kier alpha value is -2.14. The van der Waals surface area contributed by atoms with E-state index in [-0.39, 0.29) is 5.91 Å². The second kappa shape index (κ2) is 6.34. The van der Waals surface area contributed by atoms with E-state index in [0.29, 0.717) is 10.6 Å². The van der Waals surface area contributed by atoms with Gasteiger partial charge in [-0.1, -0.05) is 23.8 Å². The Labute approximate surface area is 121 Å². The molecule has 104 valence electrons. The van der Waals surface area contributed by atoms with Crippen LogP contribution in [0.1, 0.15) is 22.2 Å². The Bertz CT molecular complexity index is 590. The van der Waals surface area contributed by atoms with Crippen LogP contribution in [0.15, 0.2) is 41.8 Å². The van der Waals surface area contributed by atoms with Crippen LogP contribution in [0.3, 0.4) is 0 Å².